The van der Waals surface area contributed by atoms with Gasteiger partial charge in [0.1, 0.15) is 11.8 Å². The number of rotatable bonds is 5. The summed E-state index contributed by atoms with van der Waals surface area (Å²) < 4.78 is 27.1. The zero-order chi connectivity index (χ0) is 20.3. The van der Waals surface area contributed by atoms with Crippen LogP contribution in [0.1, 0.15) is 12.0 Å². The molecule has 0 aliphatic carbocycles. The molecule has 1 atom stereocenters. The normalized spacial score (nSPS) is 17.8. The van der Waals surface area contributed by atoms with E-state index in [1.165, 1.54) is 36.4 Å². The van der Waals surface area contributed by atoms with Gasteiger partial charge in [0.15, 0.2) is 0 Å². The molecule has 28 heavy (non-hydrogen) atoms. The SMILES string of the molecule is Cc1ccc(S(=O)(=O)N2CCNC(=O)[C@@H]2CC(=O)Nc2ccc(O)cc2)cc1. The largest absolute Gasteiger partial charge is 0.508 e. The van der Waals surface area contributed by atoms with Gasteiger partial charge in [0.25, 0.3) is 0 Å². The molecule has 2 amide bonds. The van der Waals surface area contributed by atoms with Crippen molar-refractivity contribution in [3.8, 4) is 5.75 Å². The Morgan fingerprint density at radius 2 is 1.82 bits per heavy atom. The van der Waals surface area contributed by atoms with Crippen LogP contribution in [0.4, 0.5) is 5.69 Å². The highest BCUT2D eigenvalue weighted by Gasteiger charge is 2.39. The summed E-state index contributed by atoms with van der Waals surface area (Å²) in [5.41, 5.74) is 1.35. The Morgan fingerprint density at radius 3 is 2.46 bits per heavy atom. The van der Waals surface area contributed by atoms with Gasteiger partial charge in [-0.1, -0.05) is 17.7 Å². The summed E-state index contributed by atoms with van der Waals surface area (Å²) in [7, 11) is -3.93. The van der Waals surface area contributed by atoms with E-state index < -0.39 is 27.9 Å². The molecule has 2 aromatic carbocycles. The van der Waals surface area contributed by atoms with Gasteiger partial charge < -0.3 is 15.7 Å². The topological polar surface area (TPSA) is 116 Å². The molecular formula is C19H21N3O5S. The van der Waals surface area contributed by atoms with Crippen LogP contribution in [0, 0.1) is 6.92 Å². The number of carbonyl (C=O) groups is 2. The standard InChI is InChI=1S/C19H21N3O5S/c1-13-2-8-16(9-3-13)28(26,27)22-11-10-20-19(25)17(22)12-18(24)21-14-4-6-15(23)7-5-14/h2-9,17,23H,10-12H2,1H3,(H,20,25)(H,21,24)/t17-/m0/s1. The van der Waals surface area contributed by atoms with Crippen molar-refractivity contribution in [1.82, 2.24) is 9.62 Å². The summed E-state index contributed by atoms with van der Waals surface area (Å²) >= 11 is 0. The molecule has 0 spiro atoms. The molecule has 9 heteroatoms. The number of phenolic OH excluding ortho intramolecular Hbond substituents is 1. The van der Waals surface area contributed by atoms with Crippen molar-refractivity contribution in [3.05, 3.63) is 54.1 Å². The maximum absolute atomic E-state index is 13.0. The number of hydrogen-bond acceptors (Lipinski definition) is 5. The predicted octanol–water partition coefficient (Wildman–Crippen LogP) is 1.22. The molecule has 1 aliphatic heterocycles. The van der Waals surface area contributed by atoms with Crippen LogP contribution >= 0.6 is 0 Å². The number of phenols is 1. The first-order chi connectivity index (χ1) is 13.3. The zero-order valence-corrected chi connectivity index (χ0v) is 16.1. The quantitative estimate of drug-likeness (QED) is 0.649. The minimum atomic E-state index is -3.93. The summed E-state index contributed by atoms with van der Waals surface area (Å²) in [6.07, 6.45) is -0.322. The number of anilines is 1. The average molecular weight is 403 g/mol. The molecule has 1 heterocycles. The van der Waals surface area contributed by atoms with Crippen molar-refractivity contribution >= 4 is 27.5 Å². The van der Waals surface area contributed by atoms with Crippen molar-refractivity contribution in [2.24, 2.45) is 0 Å². The maximum Gasteiger partial charge on any atom is 0.243 e. The lowest BCUT2D eigenvalue weighted by Crippen LogP contribution is -2.57. The number of nitrogens with one attached hydrogen (secondary N) is 2. The molecule has 0 radical (unpaired) electrons. The lowest BCUT2D eigenvalue weighted by molar-refractivity contribution is -0.130. The van der Waals surface area contributed by atoms with Crippen LogP contribution in [-0.4, -0.2) is 48.8 Å². The predicted molar refractivity (Wildman–Crippen MR) is 103 cm³/mol. The second-order valence-electron chi connectivity index (χ2n) is 6.53. The number of aryl methyl sites for hydroxylation is 1. The Kier molecular flexibility index (Phi) is 5.66. The molecule has 0 bridgehead atoms. The van der Waals surface area contributed by atoms with Gasteiger partial charge in [-0.15, -0.1) is 0 Å². The molecule has 0 aromatic heterocycles. The van der Waals surface area contributed by atoms with E-state index in [0.717, 1.165) is 9.87 Å². The summed E-state index contributed by atoms with van der Waals surface area (Å²) in [4.78, 5) is 24.8. The zero-order valence-electron chi connectivity index (χ0n) is 15.3. The molecule has 8 nitrogen and oxygen atoms in total. The first-order valence-corrected chi connectivity index (χ1v) is 10.2. The molecule has 148 valence electrons. The third-order valence-corrected chi connectivity index (χ3v) is 6.36. The number of amides is 2. The molecule has 3 N–H and O–H groups in total. The maximum atomic E-state index is 13.0. The van der Waals surface area contributed by atoms with E-state index in [9.17, 15) is 23.1 Å². The number of nitrogens with zero attached hydrogens (tertiary/aromatic N) is 1. The molecule has 1 aliphatic rings. The van der Waals surface area contributed by atoms with E-state index in [0.29, 0.717) is 5.69 Å². The van der Waals surface area contributed by atoms with E-state index in [1.807, 2.05) is 6.92 Å². The van der Waals surface area contributed by atoms with Crippen LogP contribution in [0.3, 0.4) is 0 Å². The van der Waals surface area contributed by atoms with E-state index >= 15 is 0 Å². The third-order valence-electron chi connectivity index (χ3n) is 4.44. The van der Waals surface area contributed by atoms with E-state index in [2.05, 4.69) is 10.6 Å². The highest BCUT2D eigenvalue weighted by molar-refractivity contribution is 7.89. The summed E-state index contributed by atoms with van der Waals surface area (Å²) in [6.45, 7) is 2.11. The van der Waals surface area contributed by atoms with Gasteiger partial charge in [0, 0.05) is 18.8 Å². The second kappa shape index (κ2) is 7.99. The van der Waals surface area contributed by atoms with Crippen LogP contribution < -0.4 is 10.6 Å². The Morgan fingerprint density at radius 1 is 1.18 bits per heavy atom. The molecule has 1 saturated heterocycles. The number of aromatic hydroxyl groups is 1. The minimum Gasteiger partial charge on any atom is -0.508 e. The van der Waals surface area contributed by atoms with Crippen molar-refractivity contribution in [1.29, 1.82) is 0 Å². The lowest BCUT2D eigenvalue weighted by Gasteiger charge is -2.33. The van der Waals surface area contributed by atoms with Gasteiger partial charge in [0.05, 0.1) is 11.3 Å². The first-order valence-electron chi connectivity index (χ1n) is 8.72. The molecule has 0 unspecified atom stereocenters. The van der Waals surface area contributed by atoms with Gasteiger partial charge in [0.2, 0.25) is 21.8 Å². The smallest absolute Gasteiger partial charge is 0.243 e. The fourth-order valence-electron chi connectivity index (χ4n) is 2.95. The fourth-order valence-corrected chi connectivity index (χ4v) is 4.54. The number of benzene rings is 2. The van der Waals surface area contributed by atoms with Crippen molar-refractivity contribution in [2.45, 2.75) is 24.3 Å². The second-order valence-corrected chi connectivity index (χ2v) is 8.43. The molecule has 0 saturated carbocycles. The van der Waals surface area contributed by atoms with Gasteiger partial charge in [-0.3, -0.25) is 9.59 Å². The van der Waals surface area contributed by atoms with E-state index in [4.69, 9.17) is 0 Å². The number of sulfonamides is 1. The minimum absolute atomic E-state index is 0.0556. The molecule has 2 aromatic rings. The van der Waals surface area contributed by atoms with E-state index in [1.54, 1.807) is 12.1 Å². The fraction of sp³-hybridized carbons (Fsp3) is 0.263. The van der Waals surface area contributed by atoms with Gasteiger partial charge in [-0.2, -0.15) is 4.31 Å². The van der Waals surface area contributed by atoms with Crippen LogP contribution in [0.2, 0.25) is 0 Å². The monoisotopic (exact) mass is 403 g/mol. The van der Waals surface area contributed by atoms with Crippen LogP contribution in [0.5, 0.6) is 5.75 Å². The number of carbonyl (C=O) groups excluding carboxylic acids is 2. The Labute approximate surface area is 163 Å². The molecular weight excluding hydrogens is 382 g/mol. The molecule has 3 rings (SSSR count). The summed E-state index contributed by atoms with van der Waals surface area (Å²) in [6, 6.07) is 11.1. The highest BCUT2D eigenvalue weighted by atomic mass is 32.2. The van der Waals surface area contributed by atoms with Crippen molar-refractivity contribution < 1.29 is 23.1 Å². The number of hydrogen-bond donors (Lipinski definition) is 3. The van der Waals surface area contributed by atoms with Crippen molar-refractivity contribution in [3.63, 3.8) is 0 Å². The number of piperazine rings is 1. The van der Waals surface area contributed by atoms with Crippen molar-refractivity contribution in [2.75, 3.05) is 18.4 Å². The van der Waals surface area contributed by atoms with Gasteiger partial charge >= 0.3 is 0 Å². The summed E-state index contributed by atoms with van der Waals surface area (Å²) in [5.74, 6) is -0.959. The van der Waals surface area contributed by atoms with Gasteiger partial charge in [-0.05, 0) is 43.3 Å². The lowest BCUT2D eigenvalue weighted by atomic mass is 10.1. The van der Waals surface area contributed by atoms with Crippen LogP contribution in [0.15, 0.2) is 53.4 Å². The van der Waals surface area contributed by atoms with Crippen LogP contribution in [0.25, 0.3) is 0 Å². The Balaban J connectivity index is 1.80. The average Bonchev–Trinajstić information content (AvgIpc) is 2.65. The van der Waals surface area contributed by atoms with E-state index in [-0.39, 0.29) is 30.2 Å². The third kappa shape index (κ3) is 4.32. The first kappa shape index (κ1) is 19.8. The van der Waals surface area contributed by atoms with Gasteiger partial charge in [-0.25, -0.2) is 8.42 Å². The Hall–Kier alpha value is -2.91. The molecule has 1 fully saturated rings. The summed E-state index contributed by atoms with van der Waals surface area (Å²) in [5, 5.41) is 14.5. The Bertz CT molecular complexity index is 972. The highest BCUT2D eigenvalue weighted by Crippen LogP contribution is 2.22. The van der Waals surface area contributed by atoms with Crippen LogP contribution in [-0.2, 0) is 19.6 Å².